The molecule has 4 heteroatoms. The first-order valence-electron chi connectivity index (χ1n) is 5.85. The number of aliphatic hydroxyl groups excluding tert-OH is 1. The molecule has 0 spiro atoms. The highest BCUT2D eigenvalue weighted by Gasteiger charge is 2.12. The second-order valence-electron chi connectivity index (χ2n) is 4.22. The van der Waals surface area contributed by atoms with E-state index in [0.29, 0.717) is 0 Å². The standard InChI is InChI=1S/C14H13N3O/c1-10(18)11-6-2-4-8-13(11)17-14-9-5-3-7-12(14)15-16-17/h2-10,18H,1H3/t10-/m1/s1. The molecule has 0 saturated carbocycles. The van der Waals surface area contributed by atoms with Crippen molar-refractivity contribution in [2.45, 2.75) is 13.0 Å². The molecule has 4 nitrogen and oxygen atoms in total. The molecule has 0 aliphatic rings. The predicted molar refractivity (Wildman–Crippen MR) is 69.5 cm³/mol. The van der Waals surface area contributed by atoms with Gasteiger partial charge in [0.15, 0.2) is 0 Å². The van der Waals surface area contributed by atoms with Crippen LogP contribution in [-0.4, -0.2) is 20.1 Å². The Labute approximate surface area is 104 Å². The number of aliphatic hydroxyl groups is 1. The van der Waals surface area contributed by atoms with Crippen LogP contribution in [0.1, 0.15) is 18.6 Å². The molecule has 0 amide bonds. The highest BCUT2D eigenvalue weighted by Crippen LogP contribution is 2.23. The van der Waals surface area contributed by atoms with Crippen LogP contribution in [0.4, 0.5) is 0 Å². The van der Waals surface area contributed by atoms with E-state index in [1.165, 1.54) is 0 Å². The minimum atomic E-state index is -0.538. The summed E-state index contributed by atoms with van der Waals surface area (Å²) in [5, 5.41) is 18.1. The molecule has 3 aromatic rings. The van der Waals surface area contributed by atoms with Crippen LogP contribution in [0, 0.1) is 0 Å². The van der Waals surface area contributed by atoms with Gasteiger partial charge >= 0.3 is 0 Å². The van der Waals surface area contributed by atoms with Crippen molar-refractivity contribution in [3.05, 3.63) is 54.1 Å². The number of fused-ring (bicyclic) bond motifs is 1. The van der Waals surface area contributed by atoms with E-state index in [-0.39, 0.29) is 0 Å². The van der Waals surface area contributed by atoms with E-state index in [9.17, 15) is 5.11 Å². The molecule has 0 saturated heterocycles. The molecular weight excluding hydrogens is 226 g/mol. The van der Waals surface area contributed by atoms with Crippen LogP contribution >= 0.6 is 0 Å². The Morgan fingerprint density at radius 3 is 2.61 bits per heavy atom. The number of hydrogen-bond acceptors (Lipinski definition) is 3. The summed E-state index contributed by atoms with van der Waals surface area (Å²) in [6.07, 6.45) is -0.538. The Morgan fingerprint density at radius 1 is 1.06 bits per heavy atom. The fourth-order valence-corrected chi connectivity index (χ4v) is 2.08. The van der Waals surface area contributed by atoms with Gasteiger partial charge in [0.2, 0.25) is 0 Å². The summed E-state index contributed by atoms with van der Waals surface area (Å²) in [5.74, 6) is 0. The van der Waals surface area contributed by atoms with Crippen LogP contribution in [0.25, 0.3) is 16.7 Å². The van der Waals surface area contributed by atoms with Gasteiger partial charge in [0.1, 0.15) is 5.52 Å². The Hall–Kier alpha value is -2.20. The van der Waals surface area contributed by atoms with Gasteiger partial charge in [-0.1, -0.05) is 35.5 Å². The van der Waals surface area contributed by atoms with Crippen LogP contribution in [0.5, 0.6) is 0 Å². The Morgan fingerprint density at radius 2 is 1.78 bits per heavy atom. The number of para-hydroxylation sites is 2. The molecule has 0 aliphatic carbocycles. The van der Waals surface area contributed by atoms with Gasteiger partial charge in [0, 0.05) is 5.56 Å². The van der Waals surface area contributed by atoms with E-state index < -0.39 is 6.10 Å². The fraction of sp³-hybridized carbons (Fsp3) is 0.143. The summed E-state index contributed by atoms with van der Waals surface area (Å²) >= 11 is 0. The van der Waals surface area contributed by atoms with E-state index in [4.69, 9.17) is 0 Å². The zero-order valence-electron chi connectivity index (χ0n) is 9.99. The molecule has 0 bridgehead atoms. The van der Waals surface area contributed by atoms with Gasteiger partial charge in [0.25, 0.3) is 0 Å². The maximum absolute atomic E-state index is 9.81. The average Bonchev–Trinajstić information content (AvgIpc) is 2.82. The largest absolute Gasteiger partial charge is 0.389 e. The summed E-state index contributed by atoms with van der Waals surface area (Å²) in [6, 6.07) is 15.4. The van der Waals surface area contributed by atoms with Crippen molar-refractivity contribution >= 4 is 11.0 Å². The van der Waals surface area contributed by atoms with E-state index in [1.807, 2.05) is 48.5 Å². The maximum atomic E-state index is 9.81. The third-order valence-corrected chi connectivity index (χ3v) is 2.97. The lowest BCUT2D eigenvalue weighted by Gasteiger charge is -2.11. The van der Waals surface area contributed by atoms with Crippen LogP contribution in [0.2, 0.25) is 0 Å². The van der Waals surface area contributed by atoms with Gasteiger partial charge in [-0.05, 0) is 25.1 Å². The number of nitrogens with zero attached hydrogens (tertiary/aromatic N) is 3. The fourth-order valence-electron chi connectivity index (χ4n) is 2.08. The molecule has 90 valence electrons. The van der Waals surface area contributed by atoms with Gasteiger partial charge < -0.3 is 5.11 Å². The molecule has 0 unspecified atom stereocenters. The summed E-state index contributed by atoms with van der Waals surface area (Å²) in [7, 11) is 0. The lowest BCUT2D eigenvalue weighted by molar-refractivity contribution is 0.199. The van der Waals surface area contributed by atoms with Crippen molar-refractivity contribution in [1.82, 2.24) is 15.0 Å². The Kier molecular flexibility index (Phi) is 2.57. The summed E-state index contributed by atoms with van der Waals surface area (Å²) in [6.45, 7) is 1.75. The van der Waals surface area contributed by atoms with Crippen LogP contribution in [0.3, 0.4) is 0 Å². The smallest absolute Gasteiger partial charge is 0.113 e. The Balaban J connectivity index is 2.27. The third kappa shape index (κ3) is 1.67. The van der Waals surface area contributed by atoms with Crippen LogP contribution in [0.15, 0.2) is 48.5 Å². The summed E-state index contributed by atoms with van der Waals surface area (Å²) in [5.41, 5.74) is 3.48. The van der Waals surface area contributed by atoms with E-state index in [1.54, 1.807) is 11.6 Å². The van der Waals surface area contributed by atoms with Crippen LogP contribution in [-0.2, 0) is 0 Å². The van der Waals surface area contributed by atoms with Gasteiger partial charge in [-0.3, -0.25) is 0 Å². The first kappa shape index (κ1) is 10.9. The van der Waals surface area contributed by atoms with Crippen molar-refractivity contribution < 1.29 is 5.11 Å². The van der Waals surface area contributed by atoms with E-state index in [2.05, 4.69) is 10.3 Å². The van der Waals surface area contributed by atoms with Crippen molar-refractivity contribution in [3.8, 4) is 5.69 Å². The molecule has 2 aromatic carbocycles. The van der Waals surface area contributed by atoms with Crippen molar-refractivity contribution in [2.24, 2.45) is 0 Å². The molecule has 0 radical (unpaired) electrons. The molecule has 18 heavy (non-hydrogen) atoms. The molecule has 0 fully saturated rings. The monoisotopic (exact) mass is 239 g/mol. The molecule has 0 aliphatic heterocycles. The highest BCUT2D eigenvalue weighted by molar-refractivity contribution is 5.76. The quantitative estimate of drug-likeness (QED) is 0.747. The van der Waals surface area contributed by atoms with Gasteiger partial charge in [-0.15, -0.1) is 5.10 Å². The lowest BCUT2D eigenvalue weighted by atomic mass is 10.1. The third-order valence-electron chi connectivity index (χ3n) is 2.97. The second kappa shape index (κ2) is 4.23. The Bertz CT molecular complexity index is 688. The van der Waals surface area contributed by atoms with Gasteiger partial charge in [-0.2, -0.15) is 0 Å². The molecule has 1 N–H and O–H groups in total. The second-order valence-corrected chi connectivity index (χ2v) is 4.22. The van der Waals surface area contributed by atoms with Crippen molar-refractivity contribution in [2.75, 3.05) is 0 Å². The maximum Gasteiger partial charge on any atom is 0.113 e. The molecule has 1 atom stereocenters. The molecular formula is C14H13N3O. The zero-order valence-corrected chi connectivity index (χ0v) is 9.99. The molecule has 1 heterocycles. The normalized spacial score (nSPS) is 12.8. The summed E-state index contributed by atoms with van der Waals surface area (Å²) < 4.78 is 1.76. The number of benzene rings is 2. The van der Waals surface area contributed by atoms with Crippen LogP contribution < -0.4 is 0 Å². The van der Waals surface area contributed by atoms with Gasteiger partial charge in [-0.25, -0.2) is 4.68 Å². The first-order chi connectivity index (χ1) is 8.77. The van der Waals surface area contributed by atoms with Gasteiger partial charge in [0.05, 0.1) is 17.3 Å². The lowest BCUT2D eigenvalue weighted by Crippen LogP contribution is -2.03. The topological polar surface area (TPSA) is 50.9 Å². The SMILES string of the molecule is C[C@@H](O)c1ccccc1-n1nnc2ccccc21. The summed E-state index contributed by atoms with van der Waals surface area (Å²) in [4.78, 5) is 0. The zero-order chi connectivity index (χ0) is 12.5. The average molecular weight is 239 g/mol. The van der Waals surface area contributed by atoms with E-state index >= 15 is 0 Å². The van der Waals surface area contributed by atoms with Crippen molar-refractivity contribution in [3.63, 3.8) is 0 Å². The highest BCUT2D eigenvalue weighted by atomic mass is 16.3. The first-order valence-corrected chi connectivity index (χ1v) is 5.85. The van der Waals surface area contributed by atoms with Crippen molar-refractivity contribution in [1.29, 1.82) is 0 Å². The van der Waals surface area contributed by atoms with E-state index in [0.717, 1.165) is 22.3 Å². The number of aromatic nitrogens is 3. The minimum absolute atomic E-state index is 0.538. The molecule has 3 rings (SSSR count). The molecule has 1 aromatic heterocycles. The predicted octanol–water partition coefficient (Wildman–Crippen LogP) is 2.47. The number of hydrogen-bond donors (Lipinski definition) is 1. The minimum Gasteiger partial charge on any atom is -0.389 e. The number of rotatable bonds is 2.